The number of amidine groups is 1. The number of ether oxygens (including phenoxy) is 1. The molecule has 2 heterocycles. The van der Waals surface area contributed by atoms with Crippen LogP contribution in [0.25, 0.3) is 6.08 Å². The molecule has 20 heavy (non-hydrogen) atoms. The molecule has 1 fully saturated rings. The molecule has 0 aromatic heterocycles. The molecule has 0 saturated carbocycles. The number of carbonyl (C=O) groups excluding carboxylic acids is 1. The minimum absolute atomic E-state index is 0.000283. The number of para-hydroxylation sites is 1. The van der Waals surface area contributed by atoms with Crippen molar-refractivity contribution in [3.05, 3.63) is 35.5 Å². The molecule has 1 aromatic carbocycles. The lowest BCUT2D eigenvalue weighted by atomic mass is 10.1. The highest BCUT2D eigenvalue weighted by molar-refractivity contribution is 8.13. The summed E-state index contributed by atoms with van der Waals surface area (Å²) in [5, 5.41) is 0.841. The Bertz CT molecular complexity index is 595. The van der Waals surface area contributed by atoms with Crippen LogP contribution in [0.3, 0.4) is 0 Å². The Morgan fingerprint density at radius 3 is 3.05 bits per heavy atom. The van der Waals surface area contributed by atoms with E-state index < -0.39 is 0 Å². The van der Waals surface area contributed by atoms with E-state index in [9.17, 15) is 4.79 Å². The van der Waals surface area contributed by atoms with Crippen molar-refractivity contribution in [1.29, 1.82) is 0 Å². The van der Waals surface area contributed by atoms with Gasteiger partial charge in [-0.25, -0.2) is 4.99 Å². The molecule has 5 heteroatoms. The Hall–Kier alpha value is -1.75. The van der Waals surface area contributed by atoms with Crippen LogP contribution in [0.5, 0.6) is 5.75 Å². The lowest BCUT2D eigenvalue weighted by Crippen LogP contribution is -2.30. The van der Waals surface area contributed by atoms with Crippen LogP contribution in [0.1, 0.15) is 18.4 Å². The van der Waals surface area contributed by atoms with E-state index in [1.807, 2.05) is 30.3 Å². The van der Waals surface area contributed by atoms with Gasteiger partial charge in [-0.3, -0.25) is 9.69 Å². The average Bonchev–Trinajstić information content (AvgIpc) is 2.66. The first-order valence-corrected chi connectivity index (χ1v) is 7.66. The molecule has 0 spiro atoms. The third kappa shape index (κ3) is 2.45. The lowest BCUT2D eigenvalue weighted by Gasteiger charge is -2.13. The van der Waals surface area contributed by atoms with Crippen molar-refractivity contribution in [3.8, 4) is 5.75 Å². The number of aliphatic imine (C=N–C) groups is 1. The number of rotatable bonds is 2. The first-order chi connectivity index (χ1) is 9.79. The molecule has 3 rings (SSSR count). The van der Waals surface area contributed by atoms with Crippen LogP contribution in [0.2, 0.25) is 0 Å². The van der Waals surface area contributed by atoms with Crippen LogP contribution in [0, 0.1) is 0 Å². The van der Waals surface area contributed by atoms with Crippen molar-refractivity contribution in [1.82, 2.24) is 4.90 Å². The first-order valence-electron chi connectivity index (χ1n) is 6.67. The summed E-state index contributed by atoms with van der Waals surface area (Å²) in [6.07, 6.45) is 3.99. The maximum absolute atomic E-state index is 12.4. The number of hydrogen-bond donors (Lipinski definition) is 0. The van der Waals surface area contributed by atoms with Gasteiger partial charge in [0.25, 0.3) is 5.91 Å². The molecule has 1 saturated heterocycles. The third-order valence-electron chi connectivity index (χ3n) is 3.35. The smallest absolute Gasteiger partial charge is 0.278 e. The quantitative estimate of drug-likeness (QED) is 0.786. The maximum atomic E-state index is 12.4. The number of benzene rings is 1. The van der Waals surface area contributed by atoms with E-state index >= 15 is 0 Å². The van der Waals surface area contributed by atoms with Crippen LogP contribution in [0.15, 0.2) is 35.0 Å². The van der Waals surface area contributed by atoms with Crippen molar-refractivity contribution in [2.45, 2.75) is 12.8 Å². The van der Waals surface area contributed by atoms with Crippen molar-refractivity contribution in [3.63, 3.8) is 0 Å². The van der Waals surface area contributed by atoms with E-state index in [1.54, 1.807) is 23.8 Å². The highest BCUT2D eigenvalue weighted by Gasteiger charge is 2.31. The maximum Gasteiger partial charge on any atom is 0.278 e. The van der Waals surface area contributed by atoms with Gasteiger partial charge in [-0.05, 0) is 25.0 Å². The fourth-order valence-corrected chi connectivity index (χ4v) is 3.33. The van der Waals surface area contributed by atoms with Gasteiger partial charge in [0.15, 0.2) is 5.17 Å². The SMILES string of the molecule is COc1ccccc1/C=C1\N=C2SCCCCN2C1=O. The summed E-state index contributed by atoms with van der Waals surface area (Å²) < 4.78 is 5.31. The summed E-state index contributed by atoms with van der Waals surface area (Å²) in [5.74, 6) is 1.79. The number of nitrogens with zero attached hydrogens (tertiary/aromatic N) is 2. The molecule has 4 nitrogen and oxygen atoms in total. The van der Waals surface area contributed by atoms with Crippen molar-refractivity contribution in [2.75, 3.05) is 19.4 Å². The van der Waals surface area contributed by atoms with E-state index in [4.69, 9.17) is 4.74 Å². The predicted molar refractivity (Wildman–Crippen MR) is 81.8 cm³/mol. The molecule has 1 aromatic rings. The second kappa shape index (κ2) is 5.71. The number of thioether (sulfide) groups is 1. The molecular weight excluding hydrogens is 272 g/mol. The topological polar surface area (TPSA) is 41.9 Å². The Balaban J connectivity index is 1.94. The minimum Gasteiger partial charge on any atom is -0.496 e. The van der Waals surface area contributed by atoms with Crippen molar-refractivity contribution < 1.29 is 9.53 Å². The standard InChI is InChI=1S/C15H16N2O2S/c1-19-13-7-3-2-6-11(13)10-12-14(18)17-8-4-5-9-20-15(17)16-12/h2-3,6-7,10H,4-5,8-9H2,1H3/b12-10-. The zero-order chi connectivity index (χ0) is 13.9. The summed E-state index contributed by atoms with van der Waals surface area (Å²) in [6.45, 7) is 0.772. The summed E-state index contributed by atoms with van der Waals surface area (Å²) >= 11 is 1.67. The first kappa shape index (κ1) is 13.2. The predicted octanol–water partition coefficient (Wildman–Crippen LogP) is 2.76. The molecule has 2 aliphatic rings. The molecule has 0 N–H and O–H groups in total. The van der Waals surface area contributed by atoms with Crippen molar-refractivity contribution in [2.24, 2.45) is 4.99 Å². The number of amides is 1. The molecule has 0 unspecified atom stereocenters. The van der Waals surface area contributed by atoms with Gasteiger partial charge in [-0.1, -0.05) is 30.0 Å². The number of fused-ring (bicyclic) bond motifs is 1. The van der Waals surface area contributed by atoms with Crippen LogP contribution < -0.4 is 4.74 Å². The van der Waals surface area contributed by atoms with Gasteiger partial charge in [0.1, 0.15) is 11.4 Å². The Kier molecular flexibility index (Phi) is 3.78. The molecule has 104 valence electrons. The van der Waals surface area contributed by atoms with Gasteiger partial charge in [-0.2, -0.15) is 0 Å². The molecule has 2 aliphatic heterocycles. The summed E-state index contributed by atoms with van der Waals surface area (Å²) in [4.78, 5) is 18.7. The second-order valence-corrected chi connectivity index (χ2v) is 5.74. The molecular formula is C15H16N2O2S. The van der Waals surface area contributed by atoms with Crippen LogP contribution in [-0.4, -0.2) is 35.4 Å². The van der Waals surface area contributed by atoms with Gasteiger partial charge < -0.3 is 4.74 Å². The van der Waals surface area contributed by atoms with Gasteiger partial charge in [0.2, 0.25) is 0 Å². The third-order valence-corrected chi connectivity index (χ3v) is 4.41. The van der Waals surface area contributed by atoms with E-state index in [0.717, 1.165) is 41.6 Å². The normalized spacial score (nSPS) is 20.6. The van der Waals surface area contributed by atoms with E-state index in [1.165, 1.54) is 0 Å². The Morgan fingerprint density at radius 2 is 2.20 bits per heavy atom. The molecule has 0 bridgehead atoms. The van der Waals surface area contributed by atoms with Crippen LogP contribution in [-0.2, 0) is 4.79 Å². The lowest BCUT2D eigenvalue weighted by molar-refractivity contribution is -0.122. The average molecular weight is 288 g/mol. The summed E-state index contributed by atoms with van der Waals surface area (Å²) in [6, 6.07) is 7.64. The molecule has 0 radical (unpaired) electrons. The second-order valence-electron chi connectivity index (χ2n) is 4.68. The number of carbonyl (C=O) groups is 1. The van der Waals surface area contributed by atoms with Gasteiger partial charge in [-0.15, -0.1) is 0 Å². The number of hydrogen-bond acceptors (Lipinski definition) is 4. The molecule has 0 atom stereocenters. The van der Waals surface area contributed by atoms with E-state index in [2.05, 4.69) is 4.99 Å². The highest BCUT2D eigenvalue weighted by Crippen LogP contribution is 2.29. The van der Waals surface area contributed by atoms with Crippen LogP contribution in [0.4, 0.5) is 0 Å². The largest absolute Gasteiger partial charge is 0.496 e. The zero-order valence-corrected chi connectivity index (χ0v) is 12.2. The summed E-state index contributed by atoms with van der Waals surface area (Å²) in [7, 11) is 1.63. The monoisotopic (exact) mass is 288 g/mol. The Morgan fingerprint density at radius 1 is 1.35 bits per heavy atom. The van der Waals surface area contributed by atoms with Gasteiger partial charge in [0.05, 0.1) is 7.11 Å². The van der Waals surface area contributed by atoms with Gasteiger partial charge in [0, 0.05) is 17.9 Å². The fourth-order valence-electron chi connectivity index (χ4n) is 2.31. The Labute approximate surface area is 122 Å². The summed E-state index contributed by atoms with van der Waals surface area (Å²) in [5.41, 5.74) is 1.38. The van der Waals surface area contributed by atoms with Gasteiger partial charge >= 0.3 is 0 Å². The number of methoxy groups -OCH3 is 1. The zero-order valence-electron chi connectivity index (χ0n) is 11.3. The van der Waals surface area contributed by atoms with Crippen LogP contribution >= 0.6 is 11.8 Å². The molecule has 1 amide bonds. The van der Waals surface area contributed by atoms with E-state index in [-0.39, 0.29) is 5.91 Å². The van der Waals surface area contributed by atoms with E-state index in [0.29, 0.717) is 5.70 Å². The molecule has 0 aliphatic carbocycles. The minimum atomic E-state index is 0.000283. The fraction of sp³-hybridized carbons (Fsp3) is 0.333. The van der Waals surface area contributed by atoms with Crippen molar-refractivity contribution >= 4 is 28.9 Å². The highest BCUT2D eigenvalue weighted by atomic mass is 32.2.